The van der Waals surface area contributed by atoms with Crippen molar-refractivity contribution in [1.29, 1.82) is 0 Å². The van der Waals surface area contributed by atoms with Gasteiger partial charge in [-0.25, -0.2) is 0 Å². The van der Waals surface area contributed by atoms with Gasteiger partial charge in [0.15, 0.2) is 5.82 Å². The van der Waals surface area contributed by atoms with Gasteiger partial charge in [0.2, 0.25) is 5.91 Å². The first-order valence-electron chi connectivity index (χ1n) is 11.3. The second-order valence-electron chi connectivity index (χ2n) is 8.31. The van der Waals surface area contributed by atoms with Crippen LogP contribution in [0, 0.1) is 6.92 Å². The Balaban J connectivity index is 1.21. The number of hydrogen-bond acceptors (Lipinski definition) is 6. The van der Waals surface area contributed by atoms with Crippen LogP contribution in [0.15, 0.2) is 48.5 Å². The SMILES string of the molecule is Cc1ccc(Cc2nsc(Oc3ccc(CC(=O)NCCN4CCCCC4)cc3)n2)cc1. The summed E-state index contributed by atoms with van der Waals surface area (Å²) in [5.41, 5.74) is 3.38. The highest BCUT2D eigenvalue weighted by atomic mass is 32.1. The van der Waals surface area contributed by atoms with Crippen molar-refractivity contribution < 1.29 is 9.53 Å². The molecule has 0 aliphatic carbocycles. The highest BCUT2D eigenvalue weighted by Gasteiger charge is 2.11. The van der Waals surface area contributed by atoms with E-state index in [1.54, 1.807) is 0 Å². The molecular weight excluding hydrogens is 420 g/mol. The molecule has 1 aliphatic heterocycles. The summed E-state index contributed by atoms with van der Waals surface area (Å²) in [6.07, 6.45) is 4.93. The number of ether oxygens (including phenoxy) is 1. The summed E-state index contributed by atoms with van der Waals surface area (Å²) >= 11 is 1.25. The molecule has 0 radical (unpaired) electrons. The summed E-state index contributed by atoms with van der Waals surface area (Å²) in [4.78, 5) is 19.1. The van der Waals surface area contributed by atoms with E-state index in [9.17, 15) is 4.79 Å². The lowest BCUT2D eigenvalue weighted by Crippen LogP contribution is -2.38. The van der Waals surface area contributed by atoms with E-state index in [0.717, 1.165) is 31.0 Å². The second-order valence-corrected chi connectivity index (χ2v) is 9.03. The highest BCUT2D eigenvalue weighted by Crippen LogP contribution is 2.24. The number of piperidine rings is 1. The first kappa shape index (κ1) is 22.4. The van der Waals surface area contributed by atoms with E-state index in [1.807, 2.05) is 24.3 Å². The van der Waals surface area contributed by atoms with Crippen molar-refractivity contribution in [3.8, 4) is 10.9 Å². The van der Waals surface area contributed by atoms with Crippen LogP contribution in [-0.4, -0.2) is 46.3 Å². The molecule has 1 fully saturated rings. The average molecular weight is 451 g/mol. The number of nitrogens with one attached hydrogen (secondary N) is 1. The van der Waals surface area contributed by atoms with Gasteiger partial charge >= 0.3 is 0 Å². The molecule has 2 aromatic carbocycles. The van der Waals surface area contributed by atoms with Crippen LogP contribution >= 0.6 is 11.5 Å². The molecule has 1 aromatic heterocycles. The third-order valence-corrected chi connectivity index (χ3v) is 6.26. The van der Waals surface area contributed by atoms with Crippen LogP contribution in [0.25, 0.3) is 0 Å². The fourth-order valence-corrected chi connectivity index (χ4v) is 4.37. The quantitative estimate of drug-likeness (QED) is 0.524. The van der Waals surface area contributed by atoms with Gasteiger partial charge in [-0.1, -0.05) is 48.4 Å². The molecule has 3 aromatic rings. The van der Waals surface area contributed by atoms with Crippen LogP contribution in [0.3, 0.4) is 0 Å². The van der Waals surface area contributed by atoms with E-state index in [4.69, 9.17) is 4.74 Å². The lowest BCUT2D eigenvalue weighted by Gasteiger charge is -2.26. The Hall–Kier alpha value is -2.77. The van der Waals surface area contributed by atoms with E-state index in [2.05, 4.69) is 50.8 Å². The molecule has 2 heterocycles. The minimum absolute atomic E-state index is 0.0561. The molecule has 168 valence electrons. The molecule has 0 bridgehead atoms. The number of benzene rings is 2. The zero-order chi connectivity index (χ0) is 22.2. The molecule has 1 amide bonds. The second kappa shape index (κ2) is 11.2. The first-order valence-corrected chi connectivity index (χ1v) is 12.1. The van der Waals surface area contributed by atoms with Gasteiger partial charge in [-0.3, -0.25) is 4.79 Å². The fraction of sp³-hybridized carbons (Fsp3) is 0.400. The number of amides is 1. The van der Waals surface area contributed by atoms with Crippen molar-refractivity contribution in [2.75, 3.05) is 26.2 Å². The summed E-state index contributed by atoms with van der Waals surface area (Å²) in [6, 6.07) is 16.0. The molecule has 1 saturated heterocycles. The smallest absolute Gasteiger partial charge is 0.298 e. The Bertz CT molecular complexity index is 996. The number of hydrogen-bond donors (Lipinski definition) is 1. The molecule has 6 nitrogen and oxygen atoms in total. The number of carbonyl (C=O) groups excluding carboxylic acids is 1. The lowest BCUT2D eigenvalue weighted by molar-refractivity contribution is -0.120. The van der Waals surface area contributed by atoms with E-state index in [1.165, 1.54) is 41.9 Å². The predicted octanol–water partition coefficient (Wildman–Crippen LogP) is 4.37. The Morgan fingerprint density at radius 1 is 1.03 bits per heavy atom. The maximum atomic E-state index is 12.2. The molecule has 1 aliphatic rings. The molecule has 32 heavy (non-hydrogen) atoms. The van der Waals surface area contributed by atoms with Gasteiger partial charge in [-0.2, -0.15) is 9.36 Å². The van der Waals surface area contributed by atoms with Crippen molar-refractivity contribution in [3.63, 3.8) is 0 Å². The average Bonchev–Trinajstić information content (AvgIpc) is 3.24. The van der Waals surface area contributed by atoms with Crippen LogP contribution in [0.1, 0.15) is 41.8 Å². The Kier molecular flexibility index (Phi) is 7.85. The predicted molar refractivity (Wildman–Crippen MR) is 127 cm³/mol. The number of aromatic nitrogens is 2. The van der Waals surface area contributed by atoms with Crippen LogP contribution < -0.4 is 10.1 Å². The first-order chi connectivity index (χ1) is 15.6. The van der Waals surface area contributed by atoms with Gasteiger partial charge in [0.1, 0.15) is 5.75 Å². The van der Waals surface area contributed by atoms with Crippen molar-refractivity contribution >= 4 is 17.4 Å². The Morgan fingerprint density at radius 2 is 1.75 bits per heavy atom. The van der Waals surface area contributed by atoms with Crippen LogP contribution in [0.5, 0.6) is 10.9 Å². The van der Waals surface area contributed by atoms with Crippen molar-refractivity contribution in [2.45, 2.75) is 39.0 Å². The molecule has 4 rings (SSSR count). The maximum absolute atomic E-state index is 12.2. The largest absolute Gasteiger partial charge is 0.430 e. The van der Waals surface area contributed by atoms with Gasteiger partial charge in [0.25, 0.3) is 5.19 Å². The highest BCUT2D eigenvalue weighted by molar-refractivity contribution is 7.07. The molecular formula is C25H30N4O2S. The van der Waals surface area contributed by atoms with E-state index >= 15 is 0 Å². The molecule has 1 N–H and O–H groups in total. The zero-order valence-electron chi connectivity index (χ0n) is 18.5. The molecule has 7 heteroatoms. The molecule has 0 atom stereocenters. The number of aryl methyl sites for hydroxylation is 1. The van der Waals surface area contributed by atoms with Gasteiger partial charge in [0.05, 0.1) is 6.42 Å². The van der Waals surface area contributed by atoms with E-state index in [0.29, 0.717) is 30.3 Å². The standard InChI is InChI=1S/C25H30N4O2S/c1-19-5-7-20(8-6-19)17-23-27-25(32-28-23)31-22-11-9-21(10-12-22)18-24(30)26-13-16-29-14-3-2-4-15-29/h5-12H,2-4,13-18H2,1H3,(H,26,30). The van der Waals surface area contributed by atoms with Gasteiger partial charge in [-0.05, 0) is 56.1 Å². The number of rotatable bonds is 9. The van der Waals surface area contributed by atoms with E-state index in [-0.39, 0.29) is 5.91 Å². The summed E-state index contributed by atoms with van der Waals surface area (Å²) in [5, 5.41) is 3.55. The maximum Gasteiger partial charge on any atom is 0.298 e. The Labute approximate surface area is 193 Å². The number of likely N-dealkylation sites (tertiary alicyclic amines) is 1. The van der Waals surface area contributed by atoms with Crippen LogP contribution in [-0.2, 0) is 17.6 Å². The minimum atomic E-state index is 0.0561. The molecule has 0 unspecified atom stereocenters. The number of nitrogens with zero attached hydrogens (tertiary/aromatic N) is 3. The monoisotopic (exact) mass is 450 g/mol. The molecule has 0 spiro atoms. The Morgan fingerprint density at radius 3 is 2.50 bits per heavy atom. The van der Waals surface area contributed by atoms with Crippen LogP contribution in [0.4, 0.5) is 0 Å². The minimum Gasteiger partial charge on any atom is -0.430 e. The van der Waals surface area contributed by atoms with Crippen molar-refractivity contribution in [3.05, 3.63) is 71.0 Å². The van der Waals surface area contributed by atoms with E-state index < -0.39 is 0 Å². The number of carbonyl (C=O) groups is 1. The summed E-state index contributed by atoms with van der Waals surface area (Å²) in [5.74, 6) is 1.50. The normalized spacial score (nSPS) is 14.3. The van der Waals surface area contributed by atoms with Crippen LogP contribution in [0.2, 0.25) is 0 Å². The zero-order valence-corrected chi connectivity index (χ0v) is 19.4. The summed E-state index contributed by atoms with van der Waals surface area (Å²) in [7, 11) is 0. The third kappa shape index (κ3) is 6.87. The lowest BCUT2D eigenvalue weighted by atomic mass is 10.1. The third-order valence-electron chi connectivity index (χ3n) is 5.62. The van der Waals surface area contributed by atoms with Gasteiger partial charge in [-0.15, -0.1) is 0 Å². The fourth-order valence-electron chi connectivity index (χ4n) is 3.80. The summed E-state index contributed by atoms with van der Waals surface area (Å²) in [6.45, 7) is 6.03. The van der Waals surface area contributed by atoms with Gasteiger partial charge in [0, 0.05) is 31.0 Å². The molecule has 0 saturated carbocycles. The van der Waals surface area contributed by atoms with Crippen molar-refractivity contribution in [2.24, 2.45) is 0 Å². The topological polar surface area (TPSA) is 67.3 Å². The van der Waals surface area contributed by atoms with Crippen molar-refractivity contribution in [1.82, 2.24) is 19.6 Å². The summed E-state index contributed by atoms with van der Waals surface area (Å²) < 4.78 is 10.2. The van der Waals surface area contributed by atoms with Gasteiger partial charge < -0.3 is 15.0 Å².